The average molecular weight is 206 g/mol. The van der Waals surface area contributed by atoms with Crippen LogP contribution in [0.4, 0.5) is 0 Å². The third-order valence-electron chi connectivity index (χ3n) is 0.987. The minimum absolute atomic E-state index is 0.707. The SMILES string of the molecule is Cc1nc(Br)ccc1Cl. The quantitative estimate of drug-likeness (QED) is 0.595. The van der Waals surface area contributed by atoms with E-state index in [9.17, 15) is 0 Å². The summed E-state index contributed by atoms with van der Waals surface area (Å²) in [4.78, 5) is 4.06. The van der Waals surface area contributed by atoms with E-state index < -0.39 is 0 Å². The first-order valence-corrected chi connectivity index (χ1v) is 3.66. The third kappa shape index (κ3) is 1.66. The van der Waals surface area contributed by atoms with E-state index in [4.69, 9.17) is 11.6 Å². The molecule has 1 rings (SSSR count). The van der Waals surface area contributed by atoms with E-state index in [0.29, 0.717) is 5.02 Å². The first-order valence-electron chi connectivity index (χ1n) is 2.49. The Kier molecular flexibility index (Phi) is 2.09. The van der Waals surface area contributed by atoms with Crippen molar-refractivity contribution >= 4 is 27.5 Å². The van der Waals surface area contributed by atoms with Gasteiger partial charge >= 0.3 is 0 Å². The van der Waals surface area contributed by atoms with Crippen molar-refractivity contribution < 1.29 is 0 Å². The second kappa shape index (κ2) is 2.67. The van der Waals surface area contributed by atoms with Crippen LogP contribution in [0.2, 0.25) is 5.02 Å². The van der Waals surface area contributed by atoms with Crippen LogP contribution in [0.1, 0.15) is 5.69 Å². The van der Waals surface area contributed by atoms with Gasteiger partial charge in [-0.2, -0.15) is 0 Å². The predicted molar refractivity (Wildman–Crippen MR) is 41.7 cm³/mol. The van der Waals surface area contributed by atoms with E-state index in [0.717, 1.165) is 10.3 Å². The Labute approximate surface area is 67.2 Å². The van der Waals surface area contributed by atoms with Crippen molar-refractivity contribution in [3.05, 3.63) is 27.5 Å². The van der Waals surface area contributed by atoms with Gasteiger partial charge in [-0.3, -0.25) is 0 Å². The third-order valence-corrected chi connectivity index (χ3v) is 1.83. The van der Waals surface area contributed by atoms with Gasteiger partial charge in [0.25, 0.3) is 0 Å². The van der Waals surface area contributed by atoms with Crippen LogP contribution < -0.4 is 0 Å². The Morgan fingerprint density at radius 3 is 2.67 bits per heavy atom. The summed E-state index contributed by atoms with van der Waals surface area (Å²) in [7, 11) is 0. The van der Waals surface area contributed by atoms with Gasteiger partial charge in [0.2, 0.25) is 0 Å². The summed E-state index contributed by atoms with van der Waals surface area (Å²) in [6, 6.07) is 3.63. The van der Waals surface area contributed by atoms with Gasteiger partial charge < -0.3 is 0 Å². The van der Waals surface area contributed by atoms with Crippen LogP contribution in [0.15, 0.2) is 16.7 Å². The number of halogens is 2. The van der Waals surface area contributed by atoms with Crippen LogP contribution in [0, 0.1) is 6.92 Å². The first-order chi connectivity index (χ1) is 4.20. The van der Waals surface area contributed by atoms with Crippen molar-refractivity contribution in [2.45, 2.75) is 6.92 Å². The summed E-state index contributed by atoms with van der Waals surface area (Å²) in [6.45, 7) is 1.87. The zero-order valence-corrected chi connectivity index (χ0v) is 7.20. The molecule has 0 saturated heterocycles. The average Bonchev–Trinajstić information content (AvgIpc) is 1.80. The zero-order chi connectivity index (χ0) is 6.85. The van der Waals surface area contributed by atoms with Crippen LogP contribution >= 0.6 is 27.5 Å². The van der Waals surface area contributed by atoms with Crippen molar-refractivity contribution in [3.63, 3.8) is 0 Å². The molecule has 3 heteroatoms. The standard InChI is InChI=1S/C6H5BrClN/c1-4-5(8)2-3-6(7)9-4/h2-3H,1H3. The van der Waals surface area contributed by atoms with Crippen molar-refractivity contribution in [1.82, 2.24) is 4.98 Å². The van der Waals surface area contributed by atoms with E-state index in [1.807, 2.05) is 19.1 Å². The van der Waals surface area contributed by atoms with Crippen molar-refractivity contribution in [3.8, 4) is 0 Å². The summed E-state index contributed by atoms with van der Waals surface area (Å²) < 4.78 is 0.824. The lowest BCUT2D eigenvalue weighted by atomic mass is 10.4. The number of hydrogen-bond acceptors (Lipinski definition) is 1. The lowest BCUT2D eigenvalue weighted by molar-refractivity contribution is 1.17. The summed E-state index contributed by atoms with van der Waals surface area (Å²) >= 11 is 8.92. The molecule has 0 atom stereocenters. The van der Waals surface area contributed by atoms with Crippen LogP contribution in [-0.2, 0) is 0 Å². The van der Waals surface area contributed by atoms with Gasteiger partial charge in [-0.15, -0.1) is 0 Å². The van der Waals surface area contributed by atoms with Gasteiger partial charge in [0, 0.05) is 0 Å². The van der Waals surface area contributed by atoms with Gasteiger partial charge in [0.15, 0.2) is 0 Å². The molecule has 1 nitrogen and oxygen atoms in total. The minimum atomic E-state index is 0.707. The Bertz CT molecular complexity index is 224. The molecule has 0 fully saturated rings. The molecule has 0 radical (unpaired) electrons. The van der Waals surface area contributed by atoms with E-state index in [1.54, 1.807) is 0 Å². The van der Waals surface area contributed by atoms with Gasteiger partial charge in [0.1, 0.15) is 4.60 Å². The topological polar surface area (TPSA) is 12.9 Å². The summed E-state index contributed by atoms with van der Waals surface area (Å²) in [5, 5.41) is 0.707. The zero-order valence-electron chi connectivity index (χ0n) is 4.86. The molecular formula is C6H5BrClN. The molecule has 0 aliphatic carbocycles. The Morgan fingerprint density at radius 2 is 2.22 bits per heavy atom. The number of aromatic nitrogens is 1. The van der Waals surface area contributed by atoms with Crippen LogP contribution in [0.25, 0.3) is 0 Å². The maximum absolute atomic E-state index is 5.70. The fourth-order valence-corrected chi connectivity index (χ4v) is 1.02. The lowest BCUT2D eigenvalue weighted by Gasteiger charge is -1.94. The normalized spacial score (nSPS) is 9.67. The summed E-state index contributed by atoms with van der Waals surface area (Å²) in [5.41, 5.74) is 0.853. The summed E-state index contributed by atoms with van der Waals surface area (Å²) in [5.74, 6) is 0. The highest BCUT2D eigenvalue weighted by Crippen LogP contribution is 2.15. The molecule has 0 unspecified atom stereocenters. The van der Waals surface area contributed by atoms with E-state index in [1.165, 1.54) is 0 Å². The number of rotatable bonds is 0. The smallest absolute Gasteiger partial charge is 0.106 e. The fourth-order valence-electron chi connectivity index (χ4n) is 0.513. The Hall–Kier alpha value is -0.0800. The molecule has 0 N–H and O–H groups in total. The van der Waals surface area contributed by atoms with Crippen molar-refractivity contribution in [2.24, 2.45) is 0 Å². The van der Waals surface area contributed by atoms with Gasteiger partial charge in [-0.05, 0) is 35.0 Å². The molecule has 0 spiro atoms. The molecule has 1 heterocycles. The van der Waals surface area contributed by atoms with Crippen molar-refractivity contribution in [1.29, 1.82) is 0 Å². The largest absolute Gasteiger partial charge is 0.245 e. The van der Waals surface area contributed by atoms with Crippen LogP contribution in [0.5, 0.6) is 0 Å². The molecule has 1 aromatic rings. The molecule has 0 aliphatic rings. The maximum Gasteiger partial charge on any atom is 0.106 e. The minimum Gasteiger partial charge on any atom is -0.245 e. The molecule has 0 bridgehead atoms. The number of pyridine rings is 1. The highest BCUT2D eigenvalue weighted by atomic mass is 79.9. The molecule has 0 aliphatic heterocycles. The van der Waals surface area contributed by atoms with Gasteiger partial charge in [0.05, 0.1) is 10.7 Å². The van der Waals surface area contributed by atoms with Crippen molar-refractivity contribution in [2.75, 3.05) is 0 Å². The van der Waals surface area contributed by atoms with Gasteiger partial charge in [-0.1, -0.05) is 11.6 Å². The van der Waals surface area contributed by atoms with E-state index >= 15 is 0 Å². The molecule has 9 heavy (non-hydrogen) atoms. The highest BCUT2D eigenvalue weighted by molar-refractivity contribution is 9.10. The van der Waals surface area contributed by atoms with Crippen LogP contribution in [-0.4, -0.2) is 4.98 Å². The lowest BCUT2D eigenvalue weighted by Crippen LogP contribution is -1.80. The Morgan fingerprint density at radius 1 is 1.56 bits per heavy atom. The second-order valence-corrected chi connectivity index (χ2v) is 2.92. The predicted octanol–water partition coefficient (Wildman–Crippen LogP) is 2.81. The first kappa shape index (κ1) is 7.03. The van der Waals surface area contributed by atoms with E-state index in [-0.39, 0.29) is 0 Å². The monoisotopic (exact) mass is 205 g/mol. The number of hydrogen-bond donors (Lipinski definition) is 0. The highest BCUT2D eigenvalue weighted by Gasteiger charge is 1.94. The molecule has 48 valence electrons. The maximum atomic E-state index is 5.70. The molecule has 0 aromatic carbocycles. The molecule has 0 saturated carbocycles. The molecule has 1 aromatic heterocycles. The van der Waals surface area contributed by atoms with Gasteiger partial charge in [-0.25, -0.2) is 4.98 Å². The fraction of sp³-hybridized carbons (Fsp3) is 0.167. The van der Waals surface area contributed by atoms with E-state index in [2.05, 4.69) is 20.9 Å². The number of aryl methyl sites for hydroxylation is 1. The molecular weight excluding hydrogens is 201 g/mol. The van der Waals surface area contributed by atoms with Crippen LogP contribution in [0.3, 0.4) is 0 Å². The second-order valence-electron chi connectivity index (χ2n) is 1.70. The summed E-state index contributed by atoms with van der Waals surface area (Å²) in [6.07, 6.45) is 0. The molecule has 0 amide bonds. The number of nitrogens with zero attached hydrogens (tertiary/aromatic N) is 1. The Balaban J connectivity index is 3.17.